The quantitative estimate of drug-likeness (QED) is 0.875. The number of nitrogens with one attached hydrogen (secondary N) is 1. The predicted molar refractivity (Wildman–Crippen MR) is 70.5 cm³/mol. The first-order chi connectivity index (χ1) is 9.45. The van der Waals surface area contributed by atoms with Gasteiger partial charge in [0.1, 0.15) is 11.6 Å². The van der Waals surface area contributed by atoms with E-state index in [-0.39, 0.29) is 17.0 Å². The van der Waals surface area contributed by atoms with Crippen LogP contribution >= 0.6 is 0 Å². The Hall–Kier alpha value is -2.56. The summed E-state index contributed by atoms with van der Waals surface area (Å²) < 4.78 is 26.1. The Morgan fingerprint density at radius 1 is 0.900 bits per heavy atom. The van der Waals surface area contributed by atoms with Crippen LogP contribution < -0.4 is 5.32 Å². The molecule has 0 radical (unpaired) electrons. The molecule has 1 amide bonds. The zero-order valence-corrected chi connectivity index (χ0v) is 10.6. The molecule has 20 heavy (non-hydrogen) atoms. The van der Waals surface area contributed by atoms with E-state index < -0.39 is 17.4 Å². The number of amides is 1. The lowest BCUT2D eigenvalue weighted by Crippen LogP contribution is -2.07. The summed E-state index contributed by atoms with van der Waals surface area (Å²) in [5.74, 6) is -2.32. The molecule has 0 aliphatic rings. The summed E-state index contributed by atoms with van der Waals surface area (Å²) in [4.78, 5) is 22.9. The second-order valence-electron chi connectivity index (χ2n) is 4.25. The smallest absolute Gasteiger partial charge is 0.221 e. The van der Waals surface area contributed by atoms with Gasteiger partial charge in [0, 0.05) is 29.8 Å². The molecule has 0 aliphatic carbocycles. The van der Waals surface area contributed by atoms with Gasteiger partial charge in [0.15, 0.2) is 5.78 Å². The van der Waals surface area contributed by atoms with Gasteiger partial charge < -0.3 is 5.32 Å². The van der Waals surface area contributed by atoms with E-state index in [1.54, 1.807) is 12.1 Å². The Morgan fingerprint density at radius 2 is 1.45 bits per heavy atom. The Labute approximate surface area is 114 Å². The molecule has 0 bridgehead atoms. The van der Waals surface area contributed by atoms with Gasteiger partial charge in [-0.25, -0.2) is 8.78 Å². The van der Waals surface area contributed by atoms with Crippen molar-refractivity contribution in [1.29, 1.82) is 0 Å². The van der Waals surface area contributed by atoms with Gasteiger partial charge >= 0.3 is 0 Å². The van der Waals surface area contributed by atoms with Crippen molar-refractivity contribution in [3.63, 3.8) is 0 Å². The lowest BCUT2D eigenvalue weighted by molar-refractivity contribution is -0.114. The van der Waals surface area contributed by atoms with Crippen molar-refractivity contribution in [1.82, 2.24) is 0 Å². The summed E-state index contributed by atoms with van der Waals surface area (Å²) in [6.45, 7) is 1.37. The van der Waals surface area contributed by atoms with Crippen molar-refractivity contribution in [3.05, 3.63) is 65.2 Å². The van der Waals surface area contributed by atoms with Crippen LogP contribution in [0.2, 0.25) is 0 Å². The minimum Gasteiger partial charge on any atom is -0.326 e. The number of carbonyl (C=O) groups excluding carboxylic acids is 2. The number of hydrogen-bond acceptors (Lipinski definition) is 2. The molecule has 0 fully saturated rings. The van der Waals surface area contributed by atoms with E-state index in [4.69, 9.17) is 0 Å². The minimum absolute atomic E-state index is 0.0604. The van der Waals surface area contributed by atoms with Crippen LogP contribution in [0.4, 0.5) is 14.5 Å². The highest BCUT2D eigenvalue weighted by Gasteiger charge is 2.11. The van der Waals surface area contributed by atoms with Crippen molar-refractivity contribution in [3.8, 4) is 0 Å². The number of halogens is 2. The summed E-state index contributed by atoms with van der Waals surface area (Å²) in [5, 5.41) is 2.56. The molecule has 3 nitrogen and oxygen atoms in total. The fourth-order valence-corrected chi connectivity index (χ4v) is 1.76. The summed E-state index contributed by atoms with van der Waals surface area (Å²) >= 11 is 0. The molecule has 0 spiro atoms. The maximum Gasteiger partial charge on any atom is 0.221 e. The average molecular weight is 275 g/mol. The predicted octanol–water partition coefficient (Wildman–Crippen LogP) is 3.15. The van der Waals surface area contributed by atoms with E-state index in [2.05, 4.69) is 5.32 Å². The van der Waals surface area contributed by atoms with Crippen LogP contribution in [-0.2, 0) is 4.79 Å². The van der Waals surface area contributed by atoms with E-state index >= 15 is 0 Å². The number of hydrogen-bond donors (Lipinski definition) is 1. The van der Waals surface area contributed by atoms with Crippen LogP contribution in [0.25, 0.3) is 0 Å². The highest BCUT2D eigenvalue weighted by atomic mass is 19.1. The Kier molecular flexibility index (Phi) is 3.89. The van der Waals surface area contributed by atoms with Gasteiger partial charge in [-0.15, -0.1) is 0 Å². The fraction of sp³-hybridized carbons (Fsp3) is 0.0667. The molecular weight excluding hydrogens is 264 g/mol. The molecule has 5 heteroatoms. The molecule has 0 saturated carbocycles. The second-order valence-corrected chi connectivity index (χ2v) is 4.25. The highest BCUT2D eigenvalue weighted by molar-refractivity contribution is 6.09. The number of rotatable bonds is 3. The van der Waals surface area contributed by atoms with Crippen LogP contribution in [0, 0.1) is 11.6 Å². The molecule has 2 aromatic carbocycles. The van der Waals surface area contributed by atoms with E-state index in [0.717, 1.165) is 12.1 Å². The van der Waals surface area contributed by atoms with E-state index in [1.165, 1.54) is 19.1 Å². The minimum atomic E-state index is -0.803. The number of benzene rings is 2. The van der Waals surface area contributed by atoms with Crippen molar-refractivity contribution < 1.29 is 18.4 Å². The third-order valence-corrected chi connectivity index (χ3v) is 2.59. The van der Waals surface area contributed by atoms with Gasteiger partial charge in [-0.05, 0) is 36.4 Å². The van der Waals surface area contributed by atoms with Gasteiger partial charge in [-0.1, -0.05) is 0 Å². The zero-order chi connectivity index (χ0) is 14.7. The molecule has 0 atom stereocenters. The number of carbonyl (C=O) groups is 2. The van der Waals surface area contributed by atoms with Crippen molar-refractivity contribution in [2.75, 3.05) is 5.32 Å². The molecule has 0 heterocycles. The Bertz CT molecular complexity index is 646. The fourth-order valence-electron chi connectivity index (χ4n) is 1.76. The number of anilines is 1. The monoisotopic (exact) mass is 275 g/mol. The molecule has 0 saturated heterocycles. The van der Waals surface area contributed by atoms with Crippen molar-refractivity contribution in [2.45, 2.75) is 6.92 Å². The third kappa shape index (κ3) is 3.26. The van der Waals surface area contributed by atoms with Crippen LogP contribution in [0.3, 0.4) is 0 Å². The Morgan fingerprint density at radius 3 is 1.95 bits per heavy atom. The normalized spacial score (nSPS) is 10.2. The van der Waals surface area contributed by atoms with Gasteiger partial charge in [-0.2, -0.15) is 0 Å². The SMILES string of the molecule is CC(=O)Nc1ccc(C(=O)c2cc(F)cc(F)c2)cc1. The van der Waals surface area contributed by atoms with Gasteiger partial charge in [-0.3, -0.25) is 9.59 Å². The van der Waals surface area contributed by atoms with Gasteiger partial charge in [0.2, 0.25) is 5.91 Å². The van der Waals surface area contributed by atoms with Crippen molar-refractivity contribution >= 4 is 17.4 Å². The van der Waals surface area contributed by atoms with Gasteiger partial charge in [0.05, 0.1) is 0 Å². The average Bonchev–Trinajstić information content (AvgIpc) is 2.37. The third-order valence-electron chi connectivity index (χ3n) is 2.59. The molecular formula is C15H11F2NO2. The maximum absolute atomic E-state index is 13.1. The number of ketones is 1. The van der Waals surface area contributed by atoms with Gasteiger partial charge in [0.25, 0.3) is 0 Å². The molecule has 0 unspecified atom stereocenters. The maximum atomic E-state index is 13.1. The second kappa shape index (κ2) is 5.61. The van der Waals surface area contributed by atoms with E-state index in [9.17, 15) is 18.4 Å². The molecule has 2 aromatic rings. The molecule has 2 rings (SSSR count). The molecule has 1 N–H and O–H groups in total. The molecule has 102 valence electrons. The zero-order valence-electron chi connectivity index (χ0n) is 10.6. The van der Waals surface area contributed by atoms with E-state index in [0.29, 0.717) is 11.8 Å². The Balaban J connectivity index is 2.26. The molecule has 0 aromatic heterocycles. The largest absolute Gasteiger partial charge is 0.326 e. The summed E-state index contributed by atoms with van der Waals surface area (Å²) in [5.41, 5.74) is 0.762. The topological polar surface area (TPSA) is 46.2 Å². The first kappa shape index (κ1) is 13.9. The van der Waals surface area contributed by atoms with Crippen LogP contribution in [0.15, 0.2) is 42.5 Å². The van der Waals surface area contributed by atoms with E-state index in [1.807, 2.05) is 0 Å². The van der Waals surface area contributed by atoms with Crippen LogP contribution in [0.1, 0.15) is 22.8 Å². The first-order valence-electron chi connectivity index (χ1n) is 5.84. The lowest BCUT2D eigenvalue weighted by Gasteiger charge is -2.05. The molecule has 0 aliphatic heterocycles. The van der Waals surface area contributed by atoms with Crippen LogP contribution in [0.5, 0.6) is 0 Å². The van der Waals surface area contributed by atoms with Crippen molar-refractivity contribution in [2.24, 2.45) is 0 Å². The summed E-state index contributed by atoms with van der Waals surface area (Å²) in [6.07, 6.45) is 0. The van der Waals surface area contributed by atoms with Crippen LogP contribution in [-0.4, -0.2) is 11.7 Å². The standard InChI is InChI=1S/C15H11F2NO2/c1-9(19)18-14-4-2-10(3-5-14)15(20)11-6-12(16)8-13(17)7-11/h2-8H,1H3,(H,18,19). The summed E-state index contributed by atoms with van der Waals surface area (Å²) in [7, 11) is 0. The summed E-state index contributed by atoms with van der Waals surface area (Å²) in [6, 6.07) is 8.72. The lowest BCUT2D eigenvalue weighted by atomic mass is 10.0. The highest BCUT2D eigenvalue weighted by Crippen LogP contribution is 2.16. The first-order valence-corrected chi connectivity index (χ1v) is 5.84.